The molecular weight excluding hydrogens is 314 g/mol. The molecular formula is C19H29N5O. The number of hydrogen-bond acceptors (Lipinski definition) is 4. The smallest absolute Gasteiger partial charge is 0.228 e. The lowest BCUT2D eigenvalue weighted by molar-refractivity contribution is 0.374. The zero-order valence-electron chi connectivity index (χ0n) is 15.7. The lowest BCUT2D eigenvalue weighted by atomic mass is 10.0. The Morgan fingerprint density at radius 1 is 1.12 bits per heavy atom. The Labute approximate surface area is 150 Å². The van der Waals surface area contributed by atoms with Crippen LogP contribution in [0.1, 0.15) is 49.0 Å². The van der Waals surface area contributed by atoms with Crippen LogP contribution in [0, 0.1) is 6.92 Å². The molecule has 0 spiro atoms. The van der Waals surface area contributed by atoms with Crippen LogP contribution in [-0.2, 0) is 12.8 Å². The first-order chi connectivity index (χ1) is 12.1. The predicted molar refractivity (Wildman–Crippen MR) is 101 cm³/mol. The van der Waals surface area contributed by atoms with Crippen LogP contribution in [0.25, 0.3) is 0 Å². The highest BCUT2D eigenvalue weighted by Gasteiger charge is 2.03. The largest absolute Gasteiger partial charge is 0.356 e. The molecule has 2 rings (SSSR count). The second-order valence-corrected chi connectivity index (χ2v) is 6.41. The van der Waals surface area contributed by atoms with Gasteiger partial charge >= 0.3 is 0 Å². The van der Waals surface area contributed by atoms with E-state index in [1.54, 1.807) is 7.05 Å². The maximum atomic E-state index is 5.09. The van der Waals surface area contributed by atoms with Crippen LogP contribution in [0.4, 0.5) is 0 Å². The zero-order valence-corrected chi connectivity index (χ0v) is 15.7. The normalized spacial score (nSPS) is 11.8. The average molecular weight is 343 g/mol. The molecule has 1 aromatic carbocycles. The van der Waals surface area contributed by atoms with Gasteiger partial charge in [0, 0.05) is 26.6 Å². The number of aryl methyl sites for hydroxylation is 2. The SMILES string of the molecule is CN=C(NCCCc1ccc(C(C)C)cc1)NCCc1nc(C)no1. The molecule has 2 N–H and O–H groups in total. The lowest BCUT2D eigenvalue weighted by Crippen LogP contribution is -2.38. The summed E-state index contributed by atoms with van der Waals surface area (Å²) in [6.07, 6.45) is 2.80. The van der Waals surface area contributed by atoms with Crippen LogP contribution in [0.2, 0.25) is 0 Å². The van der Waals surface area contributed by atoms with Crippen LogP contribution in [0.15, 0.2) is 33.8 Å². The summed E-state index contributed by atoms with van der Waals surface area (Å²) in [6.45, 7) is 7.84. The minimum absolute atomic E-state index is 0.584. The van der Waals surface area contributed by atoms with E-state index in [0.29, 0.717) is 30.6 Å². The number of guanidine groups is 1. The summed E-state index contributed by atoms with van der Waals surface area (Å²) in [6, 6.07) is 8.92. The monoisotopic (exact) mass is 343 g/mol. The summed E-state index contributed by atoms with van der Waals surface area (Å²) < 4.78 is 5.09. The first-order valence-corrected chi connectivity index (χ1v) is 8.91. The van der Waals surface area contributed by atoms with Gasteiger partial charge < -0.3 is 15.2 Å². The Balaban J connectivity index is 1.63. The van der Waals surface area contributed by atoms with Gasteiger partial charge in [-0.05, 0) is 36.8 Å². The number of aliphatic imine (C=N–C) groups is 1. The number of nitrogens with one attached hydrogen (secondary N) is 2. The minimum atomic E-state index is 0.584. The minimum Gasteiger partial charge on any atom is -0.356 e. The van der Waals surface area contributed by atoms with Gasteiger partial charge in [-0.3, -0.25) is 4.99 Å². The second kappa shape index (κ2) is 9.81. The Bertz CT molecular complexity index is 661. The topological polar surface area (TPSA) is 75.3 Å². The maximum absolute atomic E-state index is 5.09. The fraction of sp³-hybridized carbons (Fsp3) is 0.526. The van der Waals surface area contributed by atoms with E-state index in [4.69, 9.17) is 4.52 Å². The highest BCUT2D eigenvalue weighted by atomic mass is 16.5. The number of hydrogen-bond donors (Lipinski definition) is 2. The molecule has 0 bridgehead atoms. The van der Waals surface area contributed by atoms with Crippen LogP contribution in [0.3, 0.4) is 0 Å². The lowest BCUT2D eigenvalue weighted by Gasteiger charge is -2.11. The van der Waals surface area contributed by atoms with Crippen molar-refractivity contribution < 1.29 is 4.52 Å². The van der Waals surface area contributed by atoms with Crippen molar-refractivity contribution in [2.45, 2.75) is 46.0 Å². The molecule has 0 saturated carbocycles. The average Bonchev–Trinajstić information content (AvgIpc) is 3.02. The molecule has 0 atom stereocenters. The van der Waals surface area contributed by atoms with Crippen molar-refractivity contribution in [1.29, 1.82) is 0 Å². The molecule has 25 heavy (non-hydrogen) atoms. The van der Waals surface area contributed by atoms with Crippen molar-refractivity contribution in [2.24, 2.45) is 4.99 Å². The van der Waals surface area contributed by atoms with Gasteiger partial charge in [-0.2, -0.15) is 4.98 Å². The van der Waals surface area contributed by atoms with Crippen molar-refractivity contribution >= 4 is 5.96 Å². The third kappa shape index (κ3) is 6.57. The highest BCUT2D eigenvalue weighted by molar-refractivity contribution is 5.79. The summed E-state index contributed by atoms with van der Waals surface area (Å²) in [5.41, 5.74) is 2.77. The summed E-state index contributed by atoms with van der Waals surface area (Å²) in [4.78, 5) is 8.41. The van der Waals surface area contributed by atoms with Gasteiger partial charge in [0.05, 0.1) is 0 Å². The molecule has 136 valence electrons. The van der Waals surface area contributed by atoms with E-state index < -0.39 is 0 Å². The molecule has 1 heterocycles. The first-order valence-electron chi connectivity index (χ1n) is 8.91. The third-order valence-electron chi connectivity index (χ3n) is 4.01. The molecule has 0 fully saturated rings. The number of nitrogens with zero attached hydrogens (tertiary/aromatic N) is 3. The molecule has 0 radical (unpaired) electrons. The van der Waals surface area contributed by atoms with Crippen LogP contribution in [-0.4, -0.2) is 36.2 Å². The van der Waals surface area contributed by atoms with Crippen molar-refractivity contribution in [2.75, 3.05) is 20.1 Å². The van der Waals surface area contributed by atoms with E-state index in [0.717, 1.165) is 25.3 Å². The van der Waals surface area contributed by atoms with Gasteiger partial charge in [0.25, 0.3) is 0 Å². The molecule has 6 heteroatoms. The summed E-state index contributed by atoms with van der Waals surface area (Å²) >= 11 is 0. The standard InChI is InChI=1S/C19H29N5O/c1-14(2)17-9-7-16(8-10-17)6-5-12-21-19(20-4)22-13-11-18-23-15(3)24-25-18/h7-10,14H,5-6,11-13H2,1-4H3,(H2,20,21,22). The Kier molecular flexibility index (Phi) is 7.44. The Morgan fingerprint density at radius 2 is 1.84 bits per heavy atom. The number of rotatable bonds is 8. The molecule has 0 aliphatic heterocycles. The summed E-state index contributed by atoms with van der Waals surface area (Å²) in [5.74, 6) is 2.69. The number of aromatic nitrogens is 2. The van der Waals surface area contributed by atoms with E-state index in [1.807, 2.05) is 6.92 Å². The molecule has 1 aromatic heterocycles. The maximum Gasteiger partial charge on any atom is 0.228 e. The summed E-state index contributed by atoms with van der Waals surface area (Å²) in [5, 5.41) is 10.4. The molecule has 0 amide bonds. The van der Waals surface area contributed by atoms with Crippen LogP contribution >= 0.6 is 0 Å². The molecule has 0 saturated heterocycles. The van der Waals surface area contributed by atoms with Gasteiger partial charge in [-0.25, -0.2) is 0 Å². The zero-order chi connectivity index (χ0) is 18.1. The van der Waals surface area contributed by atoms with Gasteiger partial charge in [-0.15, -0.1) is 0 Å². The molecule has 2 aromatic rings. The fourth-order valence-electron chi connectivity index (χ4n) is 2.52. The van der Waals surface area contributed by atoms with E-state index in [9.17, 15) is 0 Å². The quantitative estimate of drug-likeness (QED) is 0.438. The van der Waals surface area contributed by atoms with Gasteiger partial charge in [-0.1, -0.05) is 43.3 Å². The van der Waals surface area contributed by atoms with Crippen molar-refractivity contribution in [1.82, 2.24) is 20.8 Å². The van der Waals surface area contributed by atoms with Crippen LogP contribution < -0.4 is 10.6 Å². The molecule has 0 aliphatic rings. The fourth-order valence-corrected chi connectivity index (χ4v) is 2.52. The molecule has 0 aliphatic carbocycles. The van der Waals surface area contributed by atoms with Crippen LogP contribution in [0.5, 0.6) is 0 Å². The highest BCUT2D eigenvalue weighted by Crippen LogP contribution is 2.15. The molecule has 0 unspecified atom stereocenters. The van der Waals surface area contributed by atoms with Crippen molar-refractivity contribution in [3.8, 4) is 0 Å². The Morgan fingerprint density at radius 3 is 2.44 bits per heavy atom. The van der Waals surface area contributed by atoms with Gasteiger partial charge in [0.2, 0.25) is 5.89 Å². The van der Waals surface area contributed by atoms with E-state index in [-0.39, 0.29) is 0 Å². The Hall–Kier alpha value is -2.37. The second-order valence-electron chi connectivity index (χ2n) is 6.41. The van der Waals surface area contributed by atoms with E-state index in [2.05, 4.69) is 63.9 Å². The van der Waals surface area contributed by atoms with E-state index >= 15 is 0 Å². The van der Waals surface area contributed by atoms with Crippen molar-refractivity contribution in [3.05, 3.63) is 47.1 Å². The first kappa shape index (κ1) is 19.0. The van der Waals surface area contributed by atoms with Gasteiger partial charge in [0.1, 0.15) is 0 Å². The van der Waals surface area contributed by atoms with Crippen molar-refractivity contribution in [3.63, 3.8) is 0 Å². The van der Waals surface area contributed by atoms with Gasteiger partial charge in [0.15, 0.2) is 11.8 Å². The molecule has 6 nitrogen and oxygen atoms in total. The third-order valence-corrected chi connectivity index (χ3v) is 4.01. The predicted octanol–water partition coefficient (Wildman–Crippen LogP) is 2.84. The van der Waals surface area contributed by atoms with E-state index in [1.165, 1.54) is 11.1 Å². The number of benzene rings is 1. The summed E-state index contributed by atoms with van der Waals surface area (Å²) in [7, 11) is 1.77.